The Morgan fingerprint density at radius 3 is 2.16 bits per heavy atom. The second kappa shape index (κ2) is 7.36. The fourth-order valence-electron chi connectivity index (χ4n) is 1.47. The van der Waals surface area contributed by atoms with Crippen LogP contribution >= 0.6 is 23.2 Å². The number of hydrogen-bond acceptors (Lipinski definition) is 2. The van der Waals surface area contributed by atoms with Gasteiger partial charge in [0.2, 0.25) is 11.8 Å². The van der Waals surface area contributed by atoms with Gasteiger partial charge >= 0.3 is 0 Å². The minimum Gasteiger partial charge on any atom is -0.273 e. The molecule has 1 aromatic rings. The van der Waals surface area contributed by atoms with E-state index < -0.39 is 0 Å². The summed E-state index contributed by atoms with van der Waals surface area (Å²) < 4.78 is 0. The van der Waals surface area contributed by atoms with E-state index in [1.807, 2.05) is 13.8 Å². The summed E-state index contributed by atoms with van der Waals surface area (Å²) in [7, 11) is 0. The second-order valence-electron chi connectivity index (χ2n) is 4.57. The van der Waals surface area contributed by atoms with Crippen molar-refractivity contribution < 1.29 is 9.59 Å². The zero-order valence-electron chi connectivity index (χ0n) is 10.8. The SMILES string of the molecule is CC(C)CC(=O)NNC(=O)Cc1c(Cl)cccc1Cl. The van der Waals surface area contributed by atoms with E-state index in [-0.39, 0.29) is 24.2 Å². The third-order valence-corrected chi connectivity index (χ3v) is 3.04. The van der Waals surface area contributed by atoms with Crippen molar-refractivity contribution in [1.82, 2.24) is 10.9 Å². The van der Waals surface area contributed by atoms with Crippen molar-refractivity contribution in [2.24, 2.45) is 5.92 Å². The Bertz CT molecular complexity index is 455. The molecule has 0 atom stereocenters. The molecule has 1 rings (SSSR count). The third kappa shape index (κ3) is 5.49. The van der Waals surface area contributed by atoms with E-state index in [4.69, 9.17) is 23.2 Å². The van der Waals surface area contributed by atoms with Crippen LogP contribution in [0.15, 0.2) is 18.2 Å². The Kier molecular flexibility index (Phi) is 6.12. The number of amides is 2. The second-order valence-corrected chi connectivity index (χ2v) is 5.39. The van der Waals surface area contributed by atoms with Crippen molar-refractivity contribution in [3.63, 3.8) is 0 Å². The molecule has 0 saturated heterocycles. The van der Waals surface area contributed by atoms with Crippen molar-refractivity contribution in [3.8, 4) is 0 Å². The van der Waals surface area contributed by atoms with Crippen LogP contribution in [0.25, 0.3) is 0 Å². The maximum Gasteiger partial charge on any atom is 0.242 e. The smallest absolute Gasteiger partial charge is 0.242 e. The molecule has 0 bridgehead atoms. The zero-order chi connectivity index (χ0) is 14.4. The van der Waals surface area contributed by atoms with Gasteiger partial charge < -0.3 is 0 Å². The van der Waals surface area contributed by atoms with Gasteiger partial charge in [0.15, 0.2) is 0 Å². The van der Waals surface area contributed by atoms with E-state index in [0.717, 1.165) is 0 Å². The summed E-state index contributed by atoms with van der Waals surface area (Å²) in [6, 6.07) is 5.03. The number of hydrogen-bond donors (Lipinski definition) is 2. The number of rotatable bonds is 4. The van der Waals surface area contributed by atoms with Gasteiger partial charge in [0.1, 0.15) is 0 Å². The fraction of sp³-hybridized carbons (Fsp3) is 0.385. The Balaban J connectivity index is 2.50. The summed E-state index contributed by atoms with van der Waals surface area (Å²) >= 11 is 11.9. The van der Waals surface area contributed by atoms with Crippen LogP contribution in [-0.4, -0.2) is 11.8 Å². The lowest BCUT2D eigenvalue weighted by Gasteiger charge is -2.10. The van der Waals surface area contributed by atoms with Crippen LogP contribution in [0.2, 0.25) is 10.0 Å². The number of halogens is 2. The molecule has 0 spiro atoms. The first-order valence-corrected chi connectivity index (χ1v) is 6.66. The maximum absolute atomic E-state index is 11.7. The van der Waals surface area contributed by atoms with Gasteiger partial charge in [-0.25, -0.2) is 0 Å². The topological polar surface area (TPSA) is 58.2 Å². The van der Waals surface area contributed by atoms with Gasteiger partial charge in [0, 0.05) is 16.5 Å². The summed E-state index contributed by atoms with van der Waals surface area (Å²) in [4.78, 5) is 23.0. The highest BCUT2D eigenvalue weighted by Crippen LogP contribution is 2.24. The van der Waals surface area contributed by atoms with Gasteiger partial charge in [0.05, 0.1) is 6.42 Å². The molecule has 0 unspecified atom stereocenters. The first-order chi connectivity index (χ1) is 8.90. The molecule has 0 aliphatic carbocycles. The van der Waals surface area contributed by atoms with E-state index in [1.165, 1.54) is 0 Å². The number of benzene rings is 1. The Morgan fingerprint density at radius 1 is 1.11 bits per heavy atom. The molecule has 19 heavy (non-hydrogen) atoms. The number of hydrazine groups is 1. The lowest BCUT2D eigenvalue weighted by Crippen LogP contribution is -2.42. The predicted octanol–water partition coefficient (Wildman–Crippen LogP) is 2.73. The minimum absolute atomic E-state index is 0.0144. The molecule has 0 aliphatic heterocycles. The predicted molar refractivity (Wildman–Crippen MR) is 75.9 cm³/mol. The van der Waals surface area contributed by atoms with Crippen LogP contribution < -0.4 is 10.9 Å². The molecule has 104 valence electrons. The van der Waals surface area contributed by atoms with Crippen molar-refractivity contribution >= 4 is 35.0 Å². The molecular formula is C13H16Cl2N2O2. The molecule has 0 heterocycles. The number of carbonyl (C=O) groups excluding carboxylic acids is 2. The third-order valence-electron chi connectivity index (χ3n) is 2.33. The van der Waals surface area contributed by atoms with Crippen LogP contribution in [0.3, 0.4) is 0 Å². The molecule has 2 N–H and O–H groups in total. The van der Waals surface area contributed by atoms with E-state index in [2.05, 4.69) is 10.9 Å². The van der Waals surface area contributed by atoms with Gasteiger partial charge in [-0.1, -0.05) is 43.1 Å². The lowest BCUT2D eigenvalue weighted by atomic mass is 10.1. The van der Waals surface area contributed by atoms with Gasteiger partial charge in [-0.3, -0.25) is 20.4 Å². The molecule has 0 saturated carbocycles. The van der Waals surface area contributed by atoms with Gasteiger partial charge in [0.25, 0.3) is 0 Å². The quantitative estimate of drug-likeness (QED) is 0.840. The maximum atomic E-state index is 11.7. The molecular weight excluding hydrogens is 287 g/mol. The Labute approximate surface area is 122 Å². The van der Waals surface area contributed by atoms with Gasteiger partial charge in [-0.15, -0.1) is 0 Å². The molecule has 1 aromatic carbocycles. The van der Waals surface area contributed by atoms with Gasteiger partial charge in [-0.2, -0.15) is 0 Å². The summed E-state index contributed by atoms with van der Waals surface area (Å²) in [5, 5.41) is 0.854. The average molecular weight is 303 g/mol. The number of carbonyl (C=O) groups is 2. The molecule has 4 nitrogen and oxygen atoms in total. The van der Waals surface area contributed by atoms with Crippen LogP contribution in [0.1, 0.15) is 25.8 Å². The summed E-state index contributed by atoms with van der Waals surface area (Å²) in [5.41, 5.74) is 5.23. The molecule has 2 amide bonds. The largest absolute Gasteiger partial charge is 0.273 e. The highest BCUT2D eigenvalue weighted by Gasteiger charge is 2.11. The van der Waals surface area contributed by atoms with E-state index in [9.17, 15) is 9.59 Å². The molecule has 0 aliphatic rings. The Morgan fingerprint density at radius 2 is 1.63 bits per heavy atom. The van der Waals surface area contributed by atoms with Crippen molar-refractivity contribution in [2.75, 3.05) is 0 Å². The van der Waals surface area contributed by atoms with E-state index in [0.29, 0.717) is 22.0 Å². The molecule has 6 heteroatoms. The summed E-state index contributed by atoms with van der Waals surface area (Å²) in [6.07, 6.45) is 0.369. The Hall–Kier alpha value is -1.26. The monoisotopic (exact) mass is 302 g/mol. The normalized spacial score (nSPS) is 10.4. The number of nitrogens with one attached hydrogen (secondary N) is 2. The van der Waals surface area contributed by atoms with Gasteiger partial charge in [-0.05, 0) is 23.6 Å². The van der Waals surface area contributed by atoms with Crippen LogP contribution in [-0.2, 0) is 16.0 Å². The first kappa shape index (κ1) is 15.8. The summed E-state index contributed by atoms with van der Waals surface area (Å²) in [6.45, 7) is 3.84. The highest BCUT2D eigenvalue weighted by molar-refractivity contribution is 6.36. The molecule has 0 radical (unpaired) electrons. The standard InChI is InChI=1S/C13H16Cl2N2O2/c1-8(2)6-12(18)16-17-13(19)7-9-10(14)4-3-5-11(9)15/h3-5,8H,6-7H2,1-2H3,(H,16,18)(H,17,19). The minimum atomic E-state index is -0.368. The van der Waals surface area contributed by atoms with Crippen LogP contribution in [0.5, 0.6) is 0 Å². The lowest BCUT2D eigenvalue weighted by molar-refractivity contribution is -0.129. The van der Waals surface area contributed by atoms with Crippen LogP contribution in [0.4, 0.5) is 0 Å². The van der Waals surface area contributed by atoms with Crippen molar-refractivity contribution in [2.45, 2.75) is 26.7 Å². The zero-order valence-corrected chi connectivity index (χ0v) is 12.3. The van der Waals surface area contributed by atoms with Crippen molar-refractivity contribution in [3.05, 3.63) is 33.8 Å². The highest BCUT2D eigenvalue weighted by atomic mass is 35.5. The molecule has 0 fully saturated rings. The first-order valence-electron chi connectivity index (χ1n) is 5.90. The molecule has 0 aromatic heterocycles. The van der Waals surface area contributed by atoms with E-state index in [1.54, 1.807) is 18.2 Å². The fourth-order valence-corrected chi connectivity index (χ4v) is 2.00. The van der Waals surface area contributed by atoms with Crippen molar-refractivity contribution in [1.29, 1.82) is 0 Å². The summed E-state index contributed by atoms with van der Waals surface area (Å²) in [5.74, 6) is -0.365. The van der Waals surface area contributed by atoms with E-state index >= 15 is 0 Å². The van der Waals surface area contributed by atoms with Crippen LogP contribution in [0, 0.1) is 5.92 Å². The average Bonchev–Trinajstić information content (AvgIpc) is 2.30.